The maximum absolute atomic E-state index is 0. The van der Waals surface area contributed by atoms with Crippen LogP contribution >= 0.6 is 0 Å². The van der Waals surface area contributed by atoms with Crippen molar-refractivity contribution in [3.05, 3.63) is 0 Å². The van der Waals surface area contributed by atoms with Gasteiger partial charge in [0, 0.05) is 0 Å². The smallest absolute Gasteiger partial charge is 1.00 e. The third-order valence-electron chi connectivity index (χ3n) is 0. The van der Waals surface area contributed by atoms with Crippen molar-refractivity contribution in [1.29, 1.82) is 0 Å². The Labute approximate surface area is 64.6 Å². The van der Waals surface area contributed by atoms with Gasteiger partial charge < -0.3 is 17.9 Å². The van der Waals surface area contributed by atoms with Gasteiger partial charge in [-0.15, -0.1) is 0 Å². The predicted molar refractivity (Wildman–Crippen MR) is 21.9 cm³/mol. The fraction of sp³-hybridized carbons (Fsp3) is 0. The van der Waals surface area contributed by atoms with Gasteiger partial charge in [-0.3, -0.25) is 0 Å². The molecule has 0 heterocycles. The van der Waals surface area contributed by atoms with E-state index in [1.165, 1.54) is 0 Å². The van der Waals surface area contributed by atoms with Gasteiger partial charge in [0.2, 0.25) is 0 Å². The minimum absolute atomic E-state index is 0. The number of hydrogen-bond donors (Lipinski definition) is 0. The zero-order chi connectivity index (χ0) is 0. The summed E-state index contributed by atoms with van der Waals surface area (Å²) in [6.45, 7) is 0. The average molecular weight is 108 g/mol. The summed E-state index contributed by atoms with van der Waals surface area (Å²) in [6, 6.07) is 0. The van der Waals surface area contributed by atoms with Gasteiger partial charge >= 0.3 is 29.6 Å². The average Bonchev–Trinajstić information content (AvgIpc) is 0. The first-order valence-corrected chi connectivity index (χ1v) is 0. The number of rotatable bonds is 0. The zero-order valence-corrected chi connectivity index (χ0v) is 4.50. The van der Waals surface area contributed by atoms with Crippen LogP contribution in [-0.4, -0.2) is 33.8 Å². The quantitative estimate of drug-likeness (QED) is 0.276. The van der Waals surface area contributed by atoms with E-state index in [-0.39, 0.29) is 64.8 Å². The van der Waals surface area contributed by atoms with Crippen LogP contribution in [0.15, 0.2) is 0 Å². The molecule has 0 bridgehead atoms. The van der Waals surface area contributed by atoms with E-state index in [2.05, 4.69) is 0 Å². The molecule has 5 heavy (non-hydrogen) atoms. The first kappa shape index (κ1) is 94.2. The van der Waals surface area contributed by atoms with E-state index in [1.807, 2.05) is 0 Å². The predicted octanol–water partition coefficient (Wildman–Crippen LogP) is -6.54. The molecular weight excluding hydrogens is 98.0 g/mol. The topological polar surface area (TPSA) is 94.5 Å². The van der Waals surface area contributed by atoms with Crippen molar-refractivity contribution in [1.82, 2.24) is 0 Å². The summed E-state index contributed by atoms with van der Waals surface area (Å²) in [4.78, 5) is 0. The van der Waals surface area contributed by atoms with E-state index in [0.717, 1.165) is 0 Å². The summed E-state index contributed by atoms with van der Waals surface area (Å²) in [6.07, 6.45) is 0. The third-order valence-corrected chi connectivity index (χ3v) is 0. The van der Waals surface area contributed by atoms with Crippen LogP contribution < -0.4 is 29.6 Å². The van der Waals surface area contributed by atoms with Crippen molar-refractivity contribution in [2.75, 3.05) is 0 Å². The largest absolute Gasteiger partial charge is 1.00 e. The standard InChI is InChI=1S/Al.Na.3H2O.4H/h;;3*1H2;;;;/q;+1;;;;;;;-1. The van der Waals surface area contributed by atoms with Gasteiger partial charge in [0.25, 0.3) is 0 Å². The van der Waals surface area contributed by atoms with Gasteiger partial charge in [0.1, 0.15) is 0 Å². The van der Waals surface area contributed by atoms with E-state index in [9.17, 15) is 0 Å². The summed E-state index contributed by atoms with van der Waals surface area (Å²) in [5.41, 5.74) is 0. The Hall–Kier alpha value is 1.41. The van der Waals surface area contributed by atoms with E-state index >= 15 is 0 Å². The number of hydrogen-bond acceptors (Lipinski definition) is 0. The molecule has 0 aromatic rings. The summed E-state index contributed by atoms with van der Waals surface area (Å²) in [5.74, 6) is 0. The zero-order valence-electron chi connectivity index (χ0n) is 3.50. The molecular formula is H10AlNaO3. The van der Waals surface area contributed by atoms with E-state index in [0.29, 0.717) is 0 Å². The van der Waals surface area contributed by atoms with Crippen molar-refractivity contribution in [3.63, 3.8) is 0 Å². The van der Waals surface area contributed by atoms with Crippen molar-refractivity contribution in [2.24, 2.45) is 0 Å². The van der Waals surface area contributed by atoms with Gasteiger partial charge in [-0.05, 0) is 0 Å². The molecule has 0 aliphatic heterocycles. The van der Waals surface area contributed by atoms with Crippen LogP contribution in [0.5, 0.6) is 0 Å². The molecule has 0 atom stereocenters. The third kappa shape index (κ3) is 31.6. The second kappa shape index (κ2) is 52.8. The molecule has 5 heteroatoms. The minimum atomic E-state index is 0. The molecule has 0 fully saturated rings. The van der Waals surface area contributed by atoms with Crippen LogP contribution in [0.25, 0.3) is 0 Å². The van der Waals surface area contributed by atoms with Gasteiger partial charge in [-0.25, -0.2) is 0 Å². The minimum Gasteiger partial charge on any atom is -1.00 e. The summed E-state index contributed by atoms with van der Waals surface area (Å²) in [5, 5.41) is 0. The molecule has 0 saturated carbocycles. The van der Waals surface area contributed by atoms with E-state index in [1.54, 1.807) is 0 Å². The normalized spacial score (nSPS) is 0. The molecule has 0 aromatic carbocycles. The molecule has 0 aromatic heterocycles. The Bertz CT molecular complexity index is 10.8. The second-order valence-electron chi connectivity index (χ2n) is 0. The maximum Gasteiger partial charge on any atom is 1.00 e. The molecule has 3 nitrogen and oxygen atoms in total. The Morgan fingerprint density at radius 2 is 0.800 bits per heavy atom. The molecule has 0 spiro atoms. The van der Waals surface area contributed by atoms with Crippen LogP contribution in [0, 0.1) is 0 Å². The molecule has 32 valence electrons. The summed E-state index contributed by atoms with van der Waals surface area (Å²) >= 11 is 0. The first-order valence-electron chi connectivity index (χ1n) is 0. The van der Waals surface area contributed by atoms with Gasteiger partial charge in [0.05, 0.1) is 0 Å². The van der Waals surface area contributed by atoms with Crippen molar-refractivity contribution in [2.45, 2.75) is 0 Å². The Morgan fingerprint density at radius 1 is 0.800 bits per heavy atom. The van der Waals surface area contributed by atoms with Crippen LogP contribution in [0.3, 0.4) is 0 Å². The molecule has 0 aliphatic rings. The molecule has 0 aliphatic carbocycles. The van der Waals surface area contributed by atoms with E-state index in [4.69, 9.17) is 0 Å². The van der Waals surface area contributed by atoms with Gasteiger partial charge in [-0.2, -0.15) is 0 Å². The molecule has 6 N–H and O–H groups in total. The monoisotopic (exact) mass is 108 g/mol. The fourth-order valence-electron chi connectivity index (χ4n) is 0. The Kier molecular flexibility index (Phi) is 995. The van der Waals surface area contributed by atoms with Crippen molar-refractivity contribution < 1.29 is 47.4 Å². The maximum atomic E-state index is 0. The van der Waals surface area contributed by atoms with Crippen molar-refractivity contribution in [3.8, 4) is 0 Å². The van der Waals surface area contributed by atoms with Crippen LogP contribution in [0.1, 0.15) is 1.43 Å². The Balaban J connectivity index is 0. The van der Waals surface area contributed by atoms with Crippen molar-refractivity contribution >= 4 is 17.4 Å². The Morgan fingerprint density at radius 3 is 0.800 bits per heavy atom. The fourth-order valence-corrected chi connectivity index (χ4v) is 0. The molecule has 0 radical (unpaired) electrons. The molecule has 0 unspecified atom stereocenters. The summed E-state index contributed by atoms with van der Waals surface area (Å²) in [7, 11) is 0. The van der Waals surface area contributed by atoms with Gasteiger partial charge in [-0.1, -0.05) is 0 Å². The van der Waals surface area contributed by atoms with Crippen LogP contribution in [0.4, 0.5) is 0 Å². The van der Waals surface area contributed by atoms with E-state index < -0.39 is 0 Å². The second-order valence-corrected chi connectivity index (χ2v) is 0. The first-order chi connectivity index (χ1) is 0. The van der Waals surface area contributed by atoms with Crippen LogP contribution in [-0.2, 0) is 0 Å². The summed E-state index contributed by atoms with van der Waals surface area (Å²) < 4.78 is 0. The molecule has 0 rings (SSSR count). The molecule has 0 saturated heterocycles. The molecule has 0 amide bonds. The van der Waals surface area contributed by atoms with Crippen LogP contribution in [0.2, 0.25) is 0 Å². The SMILES string of the molecule is O.O.O.[AlH3].[H-].[Na+]. The van der Waals surface area contributed by atoms with Gasteiger partial charge in [0.15, 0.2) is 17.4 Å².